The van der Waals surface area contributed by atoms with Crippen molar-refractivity contribution in [2.75, 3.05) is 0 Å². The highest BCUT2D eigenvalue weighted by molar-refractivity contribution is 6.30. The Morgan fingerprint density at radius 3 is 2.71 bits per heavy atom. The van der Waals surface area contributed by atoms with Gasteiger partial charge in [-0.3, -0.25) is 5.10 Å². The van der Waals surface area contributed by atoms with E-state index in [4.69, 9.17) is 11.6 Å². The summed E-state index contributed by atoms with van der Waals surface area (Å²) in [6.45, 7) is 4.23. The van der Waals surface area contributed by atoms with Gasteiger partial charge in [-0.05, 0) is 37.6 Å². The molecule has 3 nitrogen and oxygen atoms in total. The van der Waals surface area contributed by atoms with Crippen LogP contribution in [0.4, 0.5) is 0 Å². The first-order valence-electron chi connectivity index (χ1n) is 5.67. The molecule has 0 aliphatic rings. The van der Waals surface area contributed by atoms with Gasteiger partial charge in [0.1, 0.15) is 0 Å². The van der Waals surface area contributed by atoms with Gasteiger partial charge in [0, 0.05) is 23.3 Å². The van der Waals surface area contributed by atoms with Gasteiger partial charge in [0.25, 0.3) is 0 Å². The van der Waals surface area contributed by atoms with Crippen molar-refractivity contribution < 1.29 is 0 Å². The molecule has 0 amide bonds. The van der Waals surface area contributed by atoms with Crippen molar-refractivity contribution in [2.45, 2.75) is 25.9 Å². The standard InChI is InChI=1S/C13H16ClN3/c1-9(11-4-3-5-12(14)8-11)16-10(2)13-6-7-15-17-13/h3-10,16H,1-2H3,(H,15,17). The third-order valence-corrected chi connectivity index (χ3v) is 3.07. The van der Waals surface area contributed by atoms with E-state index >= 15 is 0 Å². The van der Waals surface area contributed by atoms with E-state index in [1.54, 1.807) is 6.20 Å². The number of nitrogens with zero attached hydrogens (tertiary/aromatic N) is 1. The van der Waals surface area contributed by atoms with Gasteiger partial charge < -0.3 is 5.32 Å². The van der Waals surface area contributed by atoms with Crippen LogP contribution in [0.5, 0.6) is 0 Å². The average molecular weight is 250 g/mol. The zero-order valence-corrected chi connectivity index (χ0v) is 10.7. The number of rotatable bonds is 4. The maximum absolute atomic E-state index is 5.98. The second-order valence-electron chi connectivity index (χ2n) is 4.18. The van der Waals surface area contributed by atoms with Crippen molar-refractivity contribution in [3.8, 4) is 0 Å². The third kappa shape index (κ3) is 3.08. The highest BCUT2D eigenvalue weighted by Crippen LogP contribution is 2.20. The summed E-state index contributed by atoms with van der Waals surface area (Å²) in [4.78, 5) is 0. The lowest BCUT2D eigenvalue weighted by Crippen LogP contribution is -2.22. The Bertz CT molecular complexity index is 467. The van der Waals surface area contributed by atoms with Crippen LogP contribution in [-0.4, -0.2) is 10.2 Å². The molecule has 1 aromatic carbocycles. The van der Waals surface area contributed by atoms with Crippen LogP contribution >= 0.6 is 11.6 Å². The Kier molecular flexibility index (Phi) is 3.82. The first-order chi connectivity index (χ1) is 8.16. The van der Waals surface area contributed by atoms with E-state index in [-0.39, 0.29) is 12.1 Å². The van der Waals surface area contributed by atoms with Crippen molar-refractivity contribution in [1.29, 1.82) is 0 Å². The van der Waals surface area contributed by atoms with Crippen molar-refractivity contribution in [2.24, 2.45) is 0 Å². The SMILES string of the molecule is CC(NC(C)c1ccn[nH]1)c1cccc(Cl)c1. The summed E-state index contributed by atoms with van der Waals surface area (Å²) in [5, 5.41) is 11.2. The number of benzene rings is 1. The van der Waals surface area contributed by atoms with Gasteiger partial charge in [-0.25, -0.2) is 0 Å². The van der Waals surface area contributed by atoms with Crippen molar-refractivity contribution >= 4 is 11.6 Å². The molecule has 0 saturated heterocycles. The largest absolute Gasteiger partial charge is 0.302 e. The van der Waals surface area contributed by atoms with Crippen LogP contribution in [0.1, 0.15) is 37.2 Å². The van der Waals surface area contributed by atoms with E-state index in [9.17, 15) is 0 Å². The molecule has 0 spiro atoms. The maximum Gasteiger partial charge on any atom is 0.0518 e. The minimum atomic E-state index is 0.228. The summed E-state index contributed by atoms with van der Waals surface area (Å²) in [6, 6.07) is 10.4. The van der Waals surface area contributed by atoms with E-state index in [2.05, 4.69) is 35.4 Å². The molecule has 0 fully saturated rings. The number of H-pyrrole nitrogens is 1. The topological polar surface area (TPSA) is 40.7 Å². The average Bonchev–Trinajstić information content (AvgIpc) is 2.82. The highest BCUT2D eigenvalue weighted by atomic mass is 35.5. The van der Waals surface area contributed by atoms with Crippen molar-refractivity contribution in [3.63, 3.8) is 0 Å². The Labute approximate surface area is 106 Å². The van der Waals surface area contributed by atoms with Crippen LogP contribution in [0.25, 0.3) is 0 Å². The van der Waals surface area contributed by atoms with Crippen molar-refractivity contribution in [3.05, 3.63) is 52.8 Å². The maximum atomic E-state index is 5.98. The summed E-state index contributed by atoms with van der Waals surface area (Å²) >= 11 is 5.98. The summed E-state index contributed by atoms with van der Waals surface area (Å²) in [6.07, 6.45) is 1.76. The molecule has 2 N–H and O–H groups in total. The summed E-state index contributed by atoms with van der Waals surface area (Å²) in [7, 11) is 0. The fourth-order valence-electron chi connectivity index (χ4n) is 1.84. The van der Waals surface area contributed by atoms with Gasteiger partial charge in [0.2, 0.25) is 0 Å². The monoisotopic (exact) mass is 249 g/mol. The number of aromatic nitrogens is 2. The molecule has 90 valence electrons. The predicted molar refractivity (Wildman–Crippen MR) is 70.0 cm³/mol. The van der Waals surface area contributed by atoms with E-state index in [1.807, 2.05) is 24.3 Å². The molecule has 17 heavy (non-hydrogen) atoms. The fraction of sp³-hybridized carbons (Fsp3) is 0.308. The van der Waals surface area contributed by atoms with Crippen LogP contribution in [0, 0.1) is 0 Å². The summed E-state index contributed by atoms with van der Waals surface area (Å²) in [5.41, 5.74) is 2.27. The molecular formula is C13H16ClN3. The number of hydrogen-bond acceptors (Lipinski definition) is 2. The first kappa shape index (κ1) is 12.1. The third-order valence-electron chi connectivity index (χ3n) is 2.84. The smallest absolute Gasteiger partial charge is 0.0518 e. The zero-order chi connectivity index (χ0) is 12.3. The fourth-order valence-corrected chi connectivity index (χ4v) is 2.04. The number of halogens is 1. The molecule has 4 heteroatoms. The van der Waals surface area contributed by atoms with Gasteiger partial charge in [0.15, 0.2) is 0 Å². The summed E-state index contributed by atoms with van der Waals surface area (Å²) in [5.74, 6) is 0. The lowest BCUT2D eigenvalue weighted by Gasteiger charge is -2.19. The van der Waals surface area contributed by atoms with Crippen LogP contribution < -0.4 is 5.32 Å². The van der Waals surface area contributed by atoms with Gasteiger partial charge in [-0.2, -0.15) is 5.10 Å². The van der Waals surface area contributed by atoms with Crippen LogP contribution in [0.2, 0.25) is 5.02 Å². The molecule has 2 rings (SSSR count). The first-order valence-corrected chi connectivity index (χ1v) is 6.05. The minimum absolute atomic E-state index is 0.228. The quantitative estimate of drug-likeness (QED) is 0.871. The number of hydrogen-bond donors (Lipinski definition) is 2. The molecule has 2 atom stereocenters. The molecule has 0 radical (unpaired) electrons. The van der Waals surface area contributed by atoms with Gasteiger partial charge in [-0.15, -0.1) is 0 Å². The van der Waals surface area contributed by atoms with E-state index < -0.39 is 0 Å². The van der Waals surface area contributed by atoms with Gasteiger partial charge in [-0.1, -0.05) is 23.7 Å². The second-order valence-corrected chi connectivity index (χ2v) is 4.61. The van der Waals surface area contributed by atoms with E-state index in [1.165, 1.54) is 5.56 Å². The Morgan fingerprint density at radius 1 is 1.24 bits per heavy atom. The minimum Gasteiger partial charge on any atom is -0.302 e. The zero-order valence-electron chi connectivity index (χ0n) is 9.94. The van der Waals surface area contributed by atoms with Gasteiger partial charge in [0.05, 0.1) is 5.69 Å². The Balaban J connectivity index is 2.04. The number of nitrogens with one attached hydrogen (secondary N) is 2. The van der Waals surface area contributed by atoms with E-state index in [0.29, 0.717) is 0 Å². The molecule has 0 bridgehead atoms. The molecule has 0 aliphatic heterocycles. The molecule has 1 aromatic heterocycles. The molecule has 2 unspecified atom stereocenters. The Morgan fingerprint density at radius 2 is 2.06 bits per heavy atom. The molecule has 2 aromatic rings. The molecule has 1 heterocycles. The Hall–Kier alpha value is -1.32. The van der Waals surface area contributed by atoms with Crippen molar-refractivity contribution in [1.82, 2.24) is 15.5 Å². The van der Waals surface area contributed by atoms with Gasteiger partial charge >= 0.3 is 0 Å². The van der Waals surface area contributed by atoms with Crippen LogP contribution in [0.15, 0.2) is 36.5 Å². The second kappa shape index (κ2) is 5.34. The summed E-state index contributed by atoms with van der Waals surface area (Å²) < 4.78 is 0. The lowest BCUT2D eigenvalue weighted by molar-refractivity contribution is 0.486. The normalized spacial score (nSPS) is 14.5. The number of aromatic amines is 1. The molecule has 0 saturated carbocycles. The molecular weight excluding hydrogens is 234 g/mol. The lowest BCUT2D eigenvalue weighted by atomic mass is 10.1. The molecule has 0 aliphatic carbocycles. The van der Waals surface area contributed by atoms with E-state index in [0.717, 1.165) is 10.7 Å². The van der Waals surface area contributed by atoms with Crippen LogP contribution in [0.3, 0.4) is 0 Å². The predicted octanol–water partition coefficient (Wildman–Crippen LogP) is 3.47. The highest BCUT2D eigenvalue weighted by Gasteiger charge is 2.11. The van der Waals surface area contributed by atoms with Crippen LogP contribution in [-0.2, 0) is 0 Å².